The van der Waals surface area contributed by atoms with E-state index in [1.165, 1.54) is 18.2 Å². The number of carbonyl (C=O) groups is 1. The van der Waals surface area contributed by atoms with E-state index >= 15 is 0 Å². The quantitative estimate of drug-likeness (QED) is 0.399. The summed E-state index contributed by atoms with van der Waals surface area (Å²) in [6.07, 6.45) is 2.24. The highest BCUT2D eigenvalue weighted by molar-refractivity contribution is 6.32. The Kier molecular flexibility index (Phi) is 6.41. The van der Waals surface area contributed by atoms with Crippen LogP contribution in [0.5, 0.6) is 5.75 Å². The first kappa shape index (κ1) is 21.2. The molecule has 12 nitrogen and oxygen atoms in total. The van der Waals surface area contributed by atoms with Crippen LogP contribution in [0.2, 0.25) is 5.02 Å². The molecule has 29 heavy (non-hydrogen) atoms. The molecule has 0 aliphatic rings. The van der Waals surface area contributed by atoms with Gasteiger partial charge in [-0.15, -0.1) is 0 Å². The van der Waals surface area contributed by atoms with Crippen LogP contribution in [0.1, 0.15) is 5.56 Å². The normalized spacial score (nSPS) is 10.6. The first-order valence-electron chi connectivity index (χ1n) is 7.58. The first-order valence-corrected chi connectivity index (χ1v) is 7.95. The van der Waals surface area contributed by atoms with E-state index in [-0.39, 0.29) is 16.4 Å². The molecular weight excluding hydrogens is 412 g/mol. The third-order valence-electron chi connectivity index (χ3n) is 3.51. The number of hydrogen-bond donors (Lipinski definition) is 1. The van der Waals surface area contributed by atoms with E-state index in [0.29, 0.717) is 5.56 Å². The minimum Gasteiger partial charge on any atom is -0.485 e. The first-order chi connectivity index (χ1) is 13.6. The average Bonchev–Trinajstić information content (AvgIpc) is 2.66. The molecule has 1 amide bonds. The van der Waals surface area contributed by atoms with Crippen LogP contribution in [0.15, 0.2) is 36.4 Å². The number of methoxy groups -OCH3 is 1. The summed E-state index contributed by atoms with van der Waals surface area (Å²) in [5, 5.41) is 35.3. The number of nitrogens with zero attached hydrogens (tertiary/aromatic N) is 3. The third-order valence-corrected chi connectivity index (χ3v) is 3.83. The number of hydrogen-bond acceptors (Lipinski definition) is 8. The van der Waals surface area contributed by atoms with E-state index in [1.54, 1.807) is 0 Å². The second-order valence-corrected chi connectivity index (χ2v) is 5.76. The molecule has 150 valence electrons. The van der Waals surface area contributed by atoms with Gasteiger partial charge in [-0.05, 0) is 17.7 Å². The number of ether oxygens (including phenoxy) is 1. The second-order valence-electron chi connectivity index (χ2n) is 5.35. The lowest BCUT2D eigenvalue weighted by Crippen LogP contribution is -2.09. The van der Waals surface area contributed by atoms with Gasteiger partial charge in [-0.3, -0.25) is 35.1 Å². The van der Waals surface area contributed by atoms with Crippen molar-refractivity contribution in [3.8, 4) is 5.75 Å². The van der Waals surface area contributed by atoms with Gasteiger partial charge >= 0.3 is 11.4 Å². The second kappa shape index (κ2) is 8.75. The van der Waals surface area contributed by atoms with E-state index in [1.807, 2.05) is 0 Å². The molecule has 0 saturated carbocycles. The van der Waals surface area contributed by atoms with Crippen LogP contribution in [0.3, 0.4) is 0 Å². The summed E-state index contributed by atoms with van der Waals surface area (Å²) in [7, 11) is 1.04. The van der Waals surface area contributed by atoms with Crippen molar-refractivity contribution in [3.05, 3.63) is 77.3 Å². The predicted octanol–water partition coefficient (Wildman–Crippen LogP) is 3.73. The molecule has 0 aliphatic carbocycles. The number of nitro groups is 3. The van der Waals surface area contributed by atoms with E-state index in [0.717, 1.165) is 31.4 Å². The number of anilines is 1. The van der Waals surface area contributed by atoms with Gasteiger partial charge in [0.25, 0.3) is 11.4 Å². The van der Waals surface area contributed by atoms with Crippen molar-refractivity contribution >= 4 is 46.3 Å². The molecule has 2 rings (SSSR count). The number of halogens is 1. The summed E-state index contributed by atoms with van der Waals surface area (Å²) in [5.41, 5.74) is -1.66. The van der Waals surface area contributed by atoms with Gasteiger partial charge in [0, 0.05) is 24.3 Å². The van der Waals surface area contributed by atoms with Crippen LogP contribution in [0.25, 0.3) is 6.08 Å². The SMILES string of the molecule is COc1c([N+](=O)[O-])cc(NC(=O)/C=C/c2ccc(Cl)c([N+](=O)[O-])c2)cc1[N+](=O)[O-]. The predicted molar refractivity (Wildman–Crippen MR) is 102 cm³/mol. The number of nitrogens with one attached hydrogen (secondary N) is 1. The molecule has 0 saturated heterocycles. The van der Waals surface area contributed by atoms with Gasteiger partial charge < -0.3 is 10.1 Å². The Morgan fingerprint density at radius 2 is 1.55 bits per heavy atom. The van der Waals surface area contributed by atoms with Crippen LogP contribution >= 0.6 is 11.6 Å². The maximum atomic E-state index is 12.1. The molecule has 0 heterocycles. The monoisotopic (exact) mass is 422 g/mol. The summed E-state index contributed by atoms with van der Waals surface area (Å²) in [6.45, 7) is 0. The Morgan fingerprint density at radius 3 is 2.03 bits per heavy atom. The minimum absolute atomic E-state index is 0.0746. The Morgan fingerprint density at radius 1 is 1.00 bits per heavy atom. The topological polar surface area (TPSA) is 168 Å². The van der Waals surface area contributed by atoms with Gasteiger partial charge in [0.05, 0.1) is 27.6 Å². The zero-order valence-corrected chi connectivity index (χ0v) is 15.3. The highest BCUT2D eigenvalue weighted by Crippen LogP contribution is 2.39. The maximum absolute atomic E-state index is 12.1. The number of amides is 1. The zero-order chi connectivity index (χ0) is 21.7. The van der Waals surface area contributed by atoms with Gasteiger partial charge in [0.1, 0.15) is 5.02 Å². The highest BCUT2D eigenvalue weighted by atomic mass is 35.5. The Bertz CT molecular complexity index is 1020. The van der Waals surface area contributed by atoms with Crippen molar-refractivity contribution in [1.29, 1.82) is 0 Å². The molecule has 0 spiro atoms. The summed E-state index contributed by atoms with van der Waals surface area (Å²) < 4.78 is 4.73. The molecule has 0 radical (unpaired) electrons. The van der Waals surface area contributed by atoms with Crippen molar-refractivity contribution in [2.45, 2.75) is 0 Å². The van der Waals surface area contributed by atoms with Crippen molar-refractivity contribution in [2.75, 3.05) is 12.4 Å². The molecule has 0 bridgehead atoms. The fourth-order valence-electron chi connectivity index (χ4n) is 2.28. The van der Waals surface area contributed by atoms with Gasteiger partial charge in [-0.25, -0.2) is 0 Å². The molecule has 0 atom stereocenters. The van der Waals surface area contributed by atoms with E-state index in [4.69, 9.17) is 16.3 Å². The van der Waals surface area contributed by atoms with Crippen molar-refractivity contribution < 1.29 is 24.3 Å². The molecular formula is C16H11ClN4O8. The van der Waals surface area contributed by atoms with Crippen molar-refractivity contribution in [1.82, 2.24) is 0 Å². The largest absolute Gasteiger partial charge is 0.485 e. The maximum Gasteiger partial charge on any atom is 0.320 e. The molecule has 0 unspecified atom stereocenters. The Hall–Kier alpha value is -4.06. The lowest BCUT2D eigenvalue weighted by Gasteiger charge is -2.06. The smallest absolute Gasteiger partial charge is 0.320 e. The van der Waals surface area contributed by atoms with Crippen molar-refractivity contribution in [2.24, 2.45) is 0 Å². The number of benzene rings is 2. The summed E-state index contributed by atoms with van der Waals surface area (Å²) in [6, 6.07) is 5.68. The molecule has 13 heteroatoms. The van der Waals surface area contributed by atoms with E-state index in [2.05, 4.69) is 5.32 Å². The summed E-state index contributed by atoms with van der Waals surface area (Å²) >= 11 is 5.70. The minimum atomic E-state index is -0.885. The van der Waals surface area contributed by atoms with E-state index < -0.39 is 37.8 Å². The van der Waals surface area contributed by atoms with Crippen molar-refractivity contribution in [3.63, 3.8) is 0 Å². The number of carbonyl (C=O) groups excluding carboxylic acids is 1. The zero-order valence-electron chi connectivity index (χ0n) is 14.5. The molecule has 0 aliphatic heterocycles. The van der Waals surface area contributed by atoms with Crippen LogP contribution in [0, 0.1) is 30.3 Å². The molecule has 0 aromatic heterocycles. The van der Waals surface area contributed by atoms with Crippen LogP contribution in [0.4, 0.5) is 22.7 Å². The summed E-state index contributed by atoms with van der Waals surface area (Å²) in [5.74, 6) is -1.33. The number of nitro benzene ring substituents is 3. The average molecular weight is 423 g/mol. The third kappa shape index (κ3) is 5.01. The van der Waals surface area contributed by atoms with Crippen LogP contribution < -0.4 is 10.1 Å². The van der Waals surface area contributed by atoms with Gasteiger partial charge in [0.15, 0.2) is 0 Å². The Balaban J connectivity index is 2.30. The van der Waals surface area contributed by atoms with E-state index in [9.17, 15) is 35.1 Å². The van der Waals surface area contributed by atoms with Gasteiger partial charge in [0.2, 0.25) is 5.91 Å². The fourth-order valence-corrected chi connectivity index (χ4v) is 2.47. The van der Waals surface area contributed by atoms with Gasteiger partial charge in [-0.2, -0.15) is 0 Å². The molecule has 2 aromatic carbocycles. The fraction of sp³-hybridized carbons (Fsp3) is 0.0625. The number of rotatable bonds is 7. The molecule has 1 N–H and O–H groups in total. The summed E-state index contributed by atoms with van der Waals surface area (Å²) in [4.78, 5) is 42.7. The lowest BCUT2D eigenvalue weighted by atomic mass is 10.2. The Labute approximate surface area is 166 Å². The highest BCUT2D eigenvalue weighted by Gasteiger charge is 2.28. The molecule has 0 fully saturated rings. The lowest BCUT2D eigenvalue weighted by molar-refractivity contribution is -0.395. The standard InChI is InChI=1S/C16H11ClN4O8/c1-29-16-13(20(25)26)7-10(8-14(16)21(27)28)18-15(22)5-3-9-2-4-11(17)12(6-9)19(23)24/h2-8H,1H3,(H,18,22)/b5-3+. The molecule has 2 aromatic rings. The van der Waals surface area contributed by atoms with Crippen LogP contribution in [-0.4, -0.2) is 27.8 Å². The van der Waals surface area contributed by atoms with Crippen LogP contribution in [-0.2, 0) is 4.79 Å². The van der Waals surface area contributed by atoms with Gasteiger partial charge in [-0.1, -0.05) is 17.7 Å².